The maximum absolute atomic E-state index is 6.84. The number of H-pyrrole nitrogens is 2. The number of rotatable bonds is 8. The number of benzene rings is 8. The number of ether oxygens (including phenoxy) is 4. The minimum atomic E-state index is 0.337. The van der Waals surface area contributed by atoms with Crippen molar-refractivity contribution < 1.29 is 18.9 Å². The van der Waals surface area contributed by atoms with Gasteiger partial charge in [0, 0.05) is 68.2 Å². The zero-order chi connectivity index (χ0) is 55.2. The average molecular weight is 1090 g/mol. The number of fused-ring (bicyclic) bond motifs is 24. The van der Waals surface area contributed by atoms with Crippen molar-refractivity contribution in [3.05, 3.63) is 219 Å². The molecule has 0 unspecified atom stereocenters. The van der Waals surface area contributed by atoms with Crippen LogP contribution in [0, 0.1) is 0 Å². The standard InChI is InChI=1S/C68H38N12O4/c1-13-45-57(53(17-1)81-41-21-25-49-37(33-41)9-5-29-69-49)65-73-61(45)77-66-58-46(14-2-18-54(58)82-42-22-26-50-38(34-42)10-6-30-70-50)63(74-66)79-68-60-48(16-4-20-56(60)84-44-24-28-52-40(36-44)12-8-32-72-52)64(76-68)80-67-59-47(62(75-67)78-65)15-3-19-55(59)83-43-23-27-51-39(35-43)11-7-31-71-51/h1-36H,(H2,73,74,75,76,77,78,79,80). The Balaban J connectivity index is 0.945. The third-order valence-corrected chi connectivity index (χ3v) is 15.0. The highest BCUT2D eigenvalue weighted by Crippen LogP contribution is 2.47. The Labute approximate surface area is 474 Å². The molecule has 9 heterocycles. The van der Waals surface area contributed by atoms with E-state index in [0.29, 0.717) is 136 Å². The topological polar surface area (TPSA) is 197 Å². The Morgan fingerprint density at radius 2 is 0.607 bits per heavy atom. The maximum atomic E-state index is 6.84. The molecule has 8 bridgehead atoms. The molecule has 0 fully saturated rings. The number of pyridine rings is 4. The molecule has 15 aromatic rings. The first-order chi connectivity index (χ1) is 41.5. The molecule has 0 saturated heterocycles. The number of nitrogens with zero attached hydrogens (tertiary/aromatic N) is 10. The lowest BCUT2D eigenvalue weighted by atomic mass is 10.1. The lowest BCUT2D eigenvalue weighted by molar-refractivity contribution is 0.485. The van der Waals surface area contributed by atoms with Crippen molar-refractivity contribution in [2.45, 2.75) is 0 Å². The van der Waals surface area contributed by atoms with Crippen LogP contribution in [0.25, 0.3) is 133 Å². The van der Waals surface area contributed by atoms with Crippen LogP contribution in [0.2, 0.25) is 0 Å². The summed E-state index contributed by atoms with van der Waals surface area (Å²) in [6.07, 6.45) is 7.09. The van der Waals surface area contributed by atoms with Crippen LogP contribution in [-0.4, -0.2) is 59.8 Å². The van der Waals surface area contributed by atoms with E-state index in [2.05, 4.69) is 29.9 Å². The van der Waals surface area contributed by atoms with Crippen LogP contribution in [0.15, 0.2) is 219 Å². The SMILES string of the molecule is c1cc(Oc2ccc3ncccc3c2)c2c(c1)-c1nc-2nc2[nH]c(nc3nc(nc4[nH]c(n1)c1c(Oc5ccc6ncccc6c5)cccc41)-c1c(Oc4ccc5ncccc5c4)cccc1-3)c1c(Oc3ccc4ncccc4c3)cccc21. The van der Waals surface area contributed by atoms with E-state index in [1.165, 1.54) is 0 Å². The van der Waals surface area contributed by atoms with E-state index in [4.69, 9.17) is 48.9 Å². The fraction of sp³-hybridized carbons (Fsp3) is 0. The minimum Gasteiger partial charge on any atom is -0.457 e. The van der Waals surface area contributed by atoms with Crippen molar-refractivity contribution in [2.75, 3.05) is 0 Å². The first kappa shape index (κ1) is 46.8. The van der Waals surface area contributed by atoms with Crippen LogP contribution < -0.4 is 18.9 Å². The summed E-state index contributed by atoms with van der Waals surface area (Å²) in [7, 11) is 0. The van der Waals surface area contributed by atoms with Crippen LogP contribution in [0.1, 0.15) is 0 Å². The Hall–Kier alpha value is -12.0. The highest BCUT2D eigenvalue weighted by molar-refractivity contribution is 6.10. The molecule has 0 radical (unpaired) electrons. The fourth-order valence-corrected chi connectivity index (χ4v) is 11.2. The third kappa shape index (κ3) is 8.00. The van der Waals surface area contributed by atoms with Gasteiger partial charge in [0.1, 0.15) is 68.6 Å². The van der Waals surface area contributed by atoms with Gasteiger partial charge in [-0.15, -0.1) is 0 Å². The molecule has 84 heavy (non-hydrogen) atoms. The zero-order valence-electron chi connectivity index (χ0n) is 43.9. The molecule has 2 aliphatic heterocycles. The second kappa shape index (κ2) is 18.8. The number of aromatic nitrogens is 12. The molecule has 16 heteroatoms. The second-order valence-corrected chi connectivity index (χ2v) is 20.2. The van der Waals surface area contributed by atoms with Crippen molar-refractivity contribution in [1.82, 2.24) is 59.8 Å². The van der Waals surface area contributed by atoms with Gasteiger partial charge in [-0.25, -0.2) is 29.9 Å². The van der Waals surface area contributed by atoms with Crippen molar-refractivity contribution in [3.63, 3.8) is 0 Å². The van der Waals surface area contributed by atoms with E-state index < -0.39 is 0 Å². The number of aromatic amines is 2. The Kier molecular flexibility index (Phi) is 10.5. The van der Waals surface area contributed by atoms with Gasteiger partial charge in [0.2, 0.25) is 0 Å². The Morgan fingerprint density at radius 1 is 0.274 bits per heavy atom. The molecule has 16 nitrogen and oxygen atoms in total. The van der Waals surface area contributed by atoms with E-state index in [9.17, 15) is 0 Å². The summed E-state index contributed by atoms with van der Waals surface area (Å²) in [6.45, 7) is 0. The summed E-state index contributed by atoms with van der Waals surface area (Å²) in [5.74, 6) is 5.90. The molecular formula is C68H38N12O4. The smallest absolute Gasteiger partial charge is 0.168 e. The second-order valence-electron chi connectivity index (χ2n) is 20.2. The molecule has 0 atom stereocenters. The average Bonchev–Trinajstić information content (AvgIpc) is 3.08. The molecule has 2 N–H and O–H groups in total. The van der Waals surface area contributed by atoms with Crippen LogP contribution in [0.4, 0.5) is 0 Å². The highest BCUT2D eigenvalue weighted by Gasteiger charge is 2.28. The van der Waals surface area contributed by atoms with Gasteiger partial charge in [0.15, 0.2) is 23.3 Å². The summed E-state index contributed by atoms with van der Waals surface area (Å²) < 4.78 is 27.4. The molecule has 17 rings (SSSR count). The minimum absolute atomic E-state index is 0.337. The monoisotopic (exact) mass is 1090 g/mol. The van der Waals surface area contributed by atoms with Gasteiger partial charge in [-0.3, -0.25) is 19.9 Å². The van der Waals surface area contributed by atoms with Gasteiger partial charge >= 0.3 is 0 Å². The van der Waals surface area contributed by atoms with Gasteiger partial charge < -0.3 is 28.9 Å². The van der Waals surface area contributed by atoms with Crippen molar-refractivity contribution in [3.8, 4) is 91.5 Å². The lowest BCUT2D eigenvalue weighted by Gasteiger charge is -2.10. The molecular weight excluding hydrogens is 1050 g/mol. The van der Waals surface area contributed by atoms with Crippen LogP contribution in [-0.2, 0) is 0 Å². The van der Waals surface area contributed by atoms with Crippen LogP contribution in [0.5, 0.6) is 46.0 Å². The van der Waals surface area contributed by atoms with Gasteiger partial charge in [-0.2, -0.15) is 0 Å². The Bertz CT molecular complexity index is 5120. The van der Waals surface area contributed by atoms with Crippen molar-refractivity contribution in [1.29, 1.82) is 0 Å². The summed E-state index contributed by atoms with van der Waals surface area (Å²) >= 11 is 0. The Morgan fingerprint density at radius 3 is 0.988 bits per heavy atom. The fourth-order valence-electron chi connectivity index (χ4n) is 11.2. The quantitative estimate of drug-likeness (QED) is 0.146. The van der Waals surface area contributed by atoms with Gasteiger partial charge in [0.25, 0.3) is 0 Å². The molecule has 7 aromatic heterocycles. The van der Waals surface area contributed by atoms with E-state index in [1.807, 2.05) is 194 Å². The molecule has 0 amide bonds. The largest absolute Gasteiger partial charge is 0.457 e. The number of hydrogen-bond donors (Lipinski definition) is 2. The zero-order valence-corrected chi connectivity index (χ0v) is 43.9. The van der Waals surface area contributed by atoms with E-state index in [0.717, 1.165) is 43.6 Å². The van der Waals surface area contributed by atoms with E-state index in [-0.39, 0.29) is 0 Å². The predicted molar refractivity (Wildman–Crippen MR) is 323 cm³/mol. The number of hydrogen-bond acceptors (Lipinski definition) is 14. The summed E-state index contributed by atoms with van der Waals surface area (Å²) in [5, 5.41) is 6.42. The summed E-state index contributed by atoms with van der Waals surface area (Å²) in [4.78, 5) is 57.7. The summed E-state index contributed by atoms with van der Waals surface area (Å²) in [6, 6.07) is 62.1. The molecule has 0 spiro atoms. The van der Waals surface area contributed by atoms with Crippen LogP contribution >= 0.6 is 0 Å². The molecule has 394 valence electrons. The molecule has 0 saturated carbocycles. The predicted octanol–water partition coefficient (Wildman–Crippen LogP) is 16.2. The third-order valence-electron chi connectivity index (χ3n) is 15.0. The summed E-state index contributed by atoms with van der Waals surface area (Å²) in [5.41, 5.74) is 7.73. The van der Waals surface area contributed by atoms with E-state index >= 15 is 0 Å². The van der Waals surface area contributed by atoms with Crippen LogP contribution in [0.3, 0.4) is 0 Å². The molecule has 8 aromatic carbocycles. The maximum Gasteiger partial charge on any atom is 0.168 e. The first-order valence-electron chi connectivity index (χ1n) is 27.0. The van der Waals surface area contributed by atoms with Crippen molar-refractivity contribution >= 4 is 87.7 Å². The first-order valence-corrected chi connectivity index (χ1v) is 27.0. The lowest BCUT2D eigenvalue weighted by Crippen LogP contribution is -1.91. The van der Waals surface area contributed by atoms with Gasteiger partial charge in [-0.1, -0.05) is 72.8 Å². The number of nitrogens with one attached hydrogen (secondary N) is 2. The normalized spacial score (nSPS) is 11.8. The van der Waals surface area contributed by atoms with E-state index in [1.54, 1.807) is 24.8 Å². The molecule has 0 aliphatic carbocycles. The van der Waals surface area contributed by atoms with Crippen molar-refractivity contribution in [2.24, 2.45) is 0 Å². The molecule has 2 aliphatic rings. The van der Waals surface area contributed by atoms with Gasteiger partial charge in [-0.05, 0) is 121 Å². The highest BCUT2D eigenvalue weighted by atomic mass is 16.5. The van der Waals surface area contributed by atoms with Gasteiger partial charge in [0.05, 0.1) is 44.0 Å².